The first kappa shape index (κ1) is 17.2. The summed E-state index contributed by atoms with van der Waals surface area (Å²) in [6, 6.07) is 5.29. The third-order valence-corrected chi connectivity index (χ3v) is 4.08. The number of carbonyl (C=O) groups excluding carboxylic acids is 1. The zero-order chi connectivity index (χ0) is 17.8. The zero-order valence-corrected chi connectivity index (χ0v) is 14.4. The molecule has 0 spiro atoms. The van der Waals surface area contributed by atoms with E-state index in [-0.39, 0.29) is 12.0 Å². The fourth-order valence-corrected chi connectivity index (χ4v) is 2.84. The van der Waals surface area contributed by atoms with Gasteiger partial charge in [0.15, 0.2) is 0 Å². The van der Waals surface area contributed by atoms with Gasteiger partial charge in [0, 0.05) is 36.8 Å². The van der Waals surface area contributed by atoms with Gasteiger partial charge in [-0.1, -0.05) is 0 Å². The highest BCUT2D eigenvalue weighted by Crippen LogP contribution is 2.23. The summed E-state index contributed by atoms with van der Waals surface area (Å²) < 4.78 is 15.9. The van der Waals surface area contributed by atoms with E-state index in [0.29, 0.717) is 49.9 Å². The predicted octanol–water partition coefficient (Wildman–Crippen LogP) is 1.50. The molecule has 3 rings (SSSR count). The van der Waals surface area contributed by atoms with Crippen molar-refractivity contribution >= 4 is 11.6 Å². The Hall–Kier alpha value is -2.61. The number of amides is 1. The van der Waals surface area contributed by atoms with Crippen molar-refractivity contribution in [3.63, 3.8) is 0 Å². The molecule has 2 aromatic rings. The van der Waals surface area contributed by atoms with E-state index in [1.54, 1.807) is 23.1 Å². The minimum Gasteiger partial charge on any atom is -0.479 e. The van der Waals surface area contributed by atoms with Crippen LogP contribution < -0.4 is 10.5 Å². The number of aromatic nitrogens is 2. The Balaban J connectivity index is 1.59. The quantitative estimate of drug-likeness (QED) is 0.875. The molecule has 1 aliphatic rings. The number of nitrogens with zero attached hydrogens (tertiary/aromatic N) is 3. The molecule has 134 valence electrons. The van der Waals surface area contributed by atoms with Crippen LogP contribution in [0.1, 0.15) is 29.7 Å². The molecule has 0 aliphatic carbocycles. The molecule has 0 radical (unpaired) electrons. The minimum absolute atomic E-state index is 0.0456. The molecule has 3 heterocycles. The number of nitrogens with two attached hydrogens (primary N) is 1. The number of pyridine rings is 1. The van der Waals surface area contributed by atoms with Gasteiger partial charge in [-0.2, -0.15) is 0 Å². The molecule has 2 N–H and O–H groups in total. The summed E-state index contributed by atoms with van der Waals surface area (Å²) in [7, 11) is 1.52. The van der Waals surface area contributed by atoms with Crippen LogP contribution in [0.5, 0.6) is 5.88 Å². The summed E-state index contributed by atoms with van der Waals surface area (Å²) in [5.41, 5.74) is 8.12. The van der Waals surface area contributed by atoms with Crippen LogP contribution in [-0.4, -0.2) is 47.8 Å². The van der Waals surface area contributed by atoms with Crippen molar-refractivity contribution in [1.29, 1.82) is 0 Å². The summed E-state index contributed by atoms with van der Waals surface area (Å²) in [5.74, 6) is 1.09. The topological polar surface area (TPSA) is 104 Å². The van der Waals surface area contributed by atoms with E-state index >= 15 is 0 Å². The lowest BCUT2D eigenvalue weighted by Crippen LogP contribution is -2.42. The number of nitrogen functional groups attached to an aromatic ring is 1. The van der Waals surface area contributed by atoms with E-state index in [9.17, 15) is 4.79 Å². The summed E-state index contributed by atoms with van der Waals surface area (Å²) in [5, 5.41) is 3.73. The second kappa shape index (κ2) is 7.52. The van der Waals surface area contributed by atoms with E-state index in [0.717, 1.165) is 11.4 Å². The largest absolute Gasteiger partial charge is 0.479 e. The standard InChI is InChI=1S/C17H22N4O4/c1-11-7-12(18)8-14(19-11)15-10-21(5-6-24-15)17(22)4-3-13-9-16(23-2)20-25-13/h7-9,15H,3-6,10H2,1-2H3,(H2,18,19)/t15-/m0/s1. The first-order valence-corrected chi connectivity index (χ1v) is 8.18. The molecule has 8 nitrogen and oxygen atoms in total. The maximum Gasteiger partial charge on any atom is 0.254 e. The second-order valence-electron chi connectivity index (χ2n) is 6.00. The predicted molar refractivity (Wildman–Crippen MR) is 90.0 cm³/mol. The van der Waals surface area contributed by atoms with E-state index in [2.05, 4.69) is 10.1 Å². The van der Waals surface area contributed by atoms with Crippen LogP contribution in [0, 0.1) is 6.92 Å². The summed E-state index contributed by atoms with van der Waals surface area (Å²) in [6.45, 7) is 3.39. The molecule has 1 amide bonds. The number of ether oxygens (including phenoxy) is 2. The van der Waals surface area contributed by atoms with Gasteiger partial charge in [0.2, 0.25) is 5.91 Å². The van der Waals surface area contributed by atoms with Gasteiger partial charge in [-0.25, -0.2) is 0 Å². The van der Waals surface area contributed by atoms with Crippen molar-refractivity contribution in [1.82, 2.24) is 15.0 Å². The summed E-state index contributed by atoms with van der Waals surface area (Å²) in [4.78, 5) is 18.8. The average Bonchev–Trinajstić information content (AvgIpc) is 3.07. The van der Waals surface area contributed by atoms with Crippen LogP contribution in [0.15, 0.2) is 22.7 Å². The smallest absolute Gasteiger partial charge is 0.254 e. The van der Waals surface area contributed by atoms with Crippen LogP contribution in [0.4, 0.5) is 5.69 Å². The first-order valence-electron chi connectivity index (χ1n) is 8.18. The van der Waals surface area contributed by atoms with Crippen LogP contribution in [0.25, 0.3) is 0 Å². The molecule has 1 aliphatic heterocycles. The third-order valence-electron chi connectivity index (χ3n) is 4.08. The molecule has 0 aromatic carbocycles. The van der Waals surface area contributed by atoms with Crippen molar-refractivity contribution in [3.8, 4) is 5.88 Å². The summed E-state index contributed by atoms with van der Waals surface area (Å²) in [6.07, 6.45) is 0.562. The van der Waals surface area contributed by atoms with Crippen LogP contribution in [0.3, 0.4) is 0 Å². The van der Waals surface area contributed by atoms with Crippen molar-refractivity contribution in [2.45, 2.75) is 25.9 Å². The van der Waals surface area contributed by atoms with Crippen LogP contribution >= 0.6 is 0 Å². The Kier molecular flexibility index (Phi) is 5.18. The monoisotopic (exact) mass is 346 g/mol. The summed E-state index contributed by atoms with van der Waals surface area (Å²) >= 11 is 0. The second-order valence-corrected chi connectivity index (χ2v) is 6.00. The fourth-order valence-electron chi connectivity index (χ4n) is 2.84. The number of hydrogen-bond acceptors (Lipinski definition) is 7. The average molecular weight is 346 g/mol. The van der Waals surface area contributed by atoms with Gasteiger partial charge in [0.25, 0.3) is 5.88 Å². The Morgan fingerprint density at radius 3 is 3.00 bits per heavy atom. The molecule has 0 saturated carbocycles. The Morgan fingerprint density at radius 2 is 2.28 bits per heavy atom. The maximum atomic E-state index is 12.5. The minimum atomic E-state index is -0.259. The molecule has 1 saturated heterocycles. The highest BCUT2D eigenvalue weighted by atomic mass is 16.5. The highest BCUT2D eigenvalue weighted by Gasteiger charge is 2.26. The molecule has 8 heteroatoms. The fraction of sp³-hybridized carbons (Fsp3) is 0.471. The van der Waals surface area contributed by atoms with E-state index in [1.165, 1.54) is 7.11 Å². The van der Waals surface area contributed by atoms with Gasteiger partial charge < -0.3 is 24.6 Å². The van der Waals surface area contributed by atoms with Gasteiger partial charge in [-0.3, -0.25) is 9.78 Å². The first-order chi connectivity index (χ1) is 12.0. The number of methoxy groups -OCH3 is 1. The number of hydrogen-bond donors (Lipinski definition) is 1. The van der Waals surface area contributed by atoms with Gasteiger partial charge in [0.05, 0.1) is 26.0 Å². The molecular weight excluding hydrogens is 324 g/mol. The molecule has 0 unspecified atom stereocenters. The Bertz CT molecular complexity index is 726. The lowest BCUT2D eigenvalue weighted by Gasteiger charge is -2.33. The Labute approximate surface area is 145 Å². The third kappa shape index (κ3) is 4.27. The highest BCUT2D eigenvalue weighted by molar-refractivity contribution is 5.76. The van der Waals surface area contributed by atoms with Crippen LogP contribution in [0.2, 0.25) is 0 Å². The van der Waals surface area contributed by atoms with Gasteiger partial charge >= 0.3 is 0 Å². The Morgan fingerprint density at radius 1 is 1.44 bits per heavy atom. The van der Waals surface area contributed by atoms with Crippen molar-refractivity contribution in [2.24, 2.45) is 0 Å². The van der Waals surface area contributed by atoms with Gasteiger partial charge in [-0.15, -0.1) is 0 Å². The van der Waals surface area contributed by atoms with Crippen molar-refractivity contribution in [3.05, 3.63) is 35.3 Å². The molecular formula is C17H22N4O4. The molecule has 25 heavy (non-hydrogen) atoms. The number of morpholine rings is 1. The zero-order valence-electron chi connectivity index (χ0n) is 14.4. The number of carbonyl (C=O) groups is 1. The SMILES string of the molecule is COc1cc(CCC(=O)N2CCO[C@H](c3cc(N)cc(C)n3)C2)on1. The van der Waals surface area contributed by atoms with Gasteiger partial charge in [-0.05, 0) is 24.2 Å². The van der Waals surface area contributed by atoms with E-state index < -0.39 is 0 Å². The lowest BCUT2D eigenvalue weighted by atomic mass is 10.1. The molecule has 0 bridgehead atoms. The number of aryl methyl sites for hydroxylation is 2. The lowest BCUT2D eigenvalue weighted by molar-refractivity contribution is -0.139. The number of rotatable bonds is 5. The van der Waals surface area contributed by atoms with Crippen LogP contribution in [-0.2, 0) is 16.0 Å². The number of anilines is 1. The van der Waals surface area contributed by atoms with Gasteiger partial charge in [0.1, 0.15) is 11.9 Å². The normalized spacial score (nSPS) is 17.5. The molecule has 2 aromatic heterocycles. The maximum absolute atomic E-state index is 12.5. The molecule has 1 atom stereocenters. The van der Waals surface area contributed by atoms with Crippen molar-refractivity contribution < 1.29 is 18.8 Å². The van der Waals surface area contributed by atoms with Crippen molar-refractivity contribution in [2.75, 3.05) is 32.5 Å². The van der Waals surface area contributed by atoms with E-state index in [1.807, 2.05) is 6.92 Å². The van der Waals surface area contributed by atoms with E-state index in [4.69, 9.17) is 19.7 Å². The molecule has 1 fully saturated rings.